The zero-order valence-corrected chi connectivity index (χ0v) is 10.9. The molecule has 1 aliphatic rings. The summed E-state index contributed by atoms with van der Waals surface area (Å²) in [5.74, 6) is 1.47. The Bertz CT molecular complexity index is 418. The quantitative estimate of drug-likeness (QED) is 0.894. The molecule has 92 valence electrons. The van der Waals surface area contributed by atoms with Crippen LogP contribution in [0.4, 0.5) is 4.39 Å². The molecule has 1 unspecified atom stereocenters. The fourth-order valence-corrected chi connectivity index (χ4v) is 2.84. The van der Waals surface area contributed by atoms with Gasteiger partial charge in [0.2, 0.25) is 0 Å². The van der Waals surface area contributed by atoms with Gasteiger partial charge in [0.15, 0.2) is 5.17 Å². The molecule has 0 radical (unpaired) electrons. The molecule has 1 saturated heterocycles. The molecule has 4 heteroatoms. The molecule has 0 spiro atoms. The minimum Gasteiger partial charge on any atom is -0.361 e. The lowest BCUT2D eigenvalue weighted by Crippen LogP contribution is -2.31. The highest BCUT2D eigenvalue weighted by Gasteiger charge is 2.22. The third-order valence-corrected chi connectivity index (χ3v) is 3.91. The summed E-state index contributed by atoms with van der Waals surface area (Å²) in [6.45, 7) is 4.79. The van der Waals surface area contributed by atoms with Gasteiger partial charge in [-0.15, -0.1) is 0 Å². The minimum atomic E-state index is -0.180. The van der Waals surface area contributed by atoms with Crippen LogP contribution >= 0.6 is 11.8 Å². The Morgan fingerprint density at radius 1 is 1.47 bits per heavy atom. The minimum absolute atomic E-state index is 0.180. The van der Waals surface area contributed by atoms with E-state index < -0.39 is 0 Å². The maximum atomic E-state index is 13.4. The second-order valence-electron chi connectivity index (χ2n) is 4.52. The van der Waals surface area contributed by atoms with Crippen molar-refractivity contribution in [3.8, 4) is 0 Å². The summed E-state index contributed by atoms with van der Waals surface area (Å²) in [6.07, 6.45) is 0. The van der Waals surface area contributed by atoms with E-state index in [0.29, 0.717) is 24.1 Å². The molecule has 1 aliphatic heterocycles. The Labute approximate surface area is 106 Å². The molecule has 1 heterocycles. The van der Waals surface area contributed by atoms with Crippen molar-refractivity contribution < 1.29 is 4.39 Å². The normalized spacial score (nSPS) is 22.1. The molecule has 0 aromatic heterocycles. The number of rotatable bonds is 3. The van der Waals surface area contributed by atoms with Gasteiger partial charge in [-0.25, -0.2) is 4.39 Å². The molecule has 2 rings (SSSR count). The summed E-state index contributed by atoms with van der Waals surface area (Å²) < 4.78 is 13.4. The van der Waals surface area contributed by atoms with E-state index in [1.165, 1.54) is 6.07 Å². The highest BCUT2D eigenvalue weighted by molar-refractivity contribution is 8.14. The highest BCUT2D eigenvalue weighted by atomic mass is 32.2. The molecule has 1 N–H and O–H groups in total. The van der Waals surface area contributed by atoms with Crippen molar-refractivity contribution in [1.82, 2.24) is 5.32 Å². The summed E-state index contributed by atoms with van der Waals surface area (Å²) >= 11 is 1.72. The first-order valence-corrected chi connectivity index (χ1v) is 6.82. The first kappa shape index (κ1) is 12.4. The maximum absolute atomic E-state index is 13.4. The van der Waals surface area contributed by atoms with E-state index >= 15 is 0 Å². The number of aliphatic imine (C=N–C) groups is 1. The van der Waals surface area contributed by atoms with Gasteiger partial charge in [-0.3, -0.25) is 4.99 Å². The van der Waals surface area contributed by atoms with Crippen LogP contribution in [0.2, 0.25) is 0 Å². The lowest BCUT2D eigenvalue weighted by molar-refractivity contribution is 0.503. The van der Waals surface area contributed by atoms with Crippen LogP contribution in [0.5, 0.6) is 0 Å². The fraction of sp³-hybridized carbons (Fsp3) is 0.462. The smallest absolute Gasteiger partial charge is 0.157 e. The molecule has 1 aromatic rings. The molecule has 17 heavy (non-hydrogen) atoms. The van der Waals surface area contributed by atoms with Gasteiger partial charge in [-0.1, -0.05) is 43.8 Å². The molecular formula is C13H17FN2S. The van der Waals surface area contributed by atoms with Crippen molar-refractivity contribution in [1.29, 1.82) is 0 Å². The summed E-state index contributed by atoms with van der Waals surface area (Å²) in [4.78, 5) is 4.42. The molecule has 0 saturated carbocycles. The summed E-state index contributed by atoms with van der Waals surface area (Å²) in [5, 5.41) is 4.31. The highest BCUT2D eigenvalue weighted by Crippen LogP contribution is 2.19. The number of halogens is 1. The Morgan fingerprint density at radius 2 is 2.24 bits per heavy atom. The van der Waals surface area contributed by atoms with Gasteiger partial charge >= 0.3 is 0 Å². The average molecular weight is 252 g/mol. The zero-order valence-electron chi connectivity index (χ0n) is 10.1. The van der Waals surface area contributed by atoms with Gasteiger partial charge in [0, 0.05) is 17.4 Å². The van der Waals surface area contributed by atoms with E-state index in [2.05, 4.69) is 24.2 Å². The monoisotopic (exact) mass is 252 g/mol. The van der Waals surface area contributed by atoms with Gasteiger partial charge in [-0.05, 0) is 12.0 Å². The Morgan fingerprint density at radius 3 is 2.88 bits per heavy atom. The van der Waals surface area contributed by atoms with E-state index in [0.717, 1.165) is 10.9 Å². The van der Waals surface area contributed by atoms with Crippen LogP contribution < -0.4 is 5.32 Å². The lowest BCUT2D eigenvalue weighted by atomic mass is 10.1. The van der Waals surface area contributed by atoms with Crippen LogP contribution in [0.25, 0.3) is 0 Å². The van der Waals surface area contributed by atoms with Crippen molar-refractivity contribution in [2.24, 2.45) is 10.9 Å². The van der Waals surface area contributed by atoms with Crippen molar-refractivity contribution in [2.45, 2.75) is 26.4 Å². The zero-order chi connectivity index (χ0) is 12.3. The van der Waals surface area contributed by atoms with E-state index in [-0.39, 0.29) is 5.82 Å². The molecule has 1 atom stereocenters. The number of thioether (sulfide) groups is 1. The second kappa shape index (κ2) is 5.54. The first-order valence-electron chi connectivity index (χ1n) is 5.84. The Kier molecular flexibility index (Phi) is 4.05. The number of hydrogen-bond acceptors (Lipinski definition) is 2. The van der Waals surface area contributed by atoms with Crippen molar-refractivity contribution in [3.05, 3.63) is 35.6 Å². The van der Waals surface area contributed by atoms with E-state index in [1.807, 2.05) is 6.07 Å². The number of nitrogens with one attached hydrogen (secondary N) is 1. The number of nitrogens with zero attached hydrogens (tertiary/aromatic N) is 1. The third kappa shape index (κ3) is 3.22. The Hall–Kier alpha value is -1.03. The van der Waals surface area contributed by atoms with Crippen molar-refractivity contribution >= 4 is 16.9 Å². The lowest BCUT2D eigenvalue weighted by Gasteiger charge is -2.13. The van der Waals surface area contributed by atoms with Crippen molar-refractivity contribution in [2.75, 3.05) is 5.75 Å². The molecular weight excluding hydrogens is 235 g/mol. The molecule has 1 aromatic carbocycles. The fourth-order valence-electron chi connectivity index (χ4n) is 1.64. The number of amidine groups is 1. The molecule has 1 fully saturated rings. The van der Waals surface area contributed by atoms with Crippen LogP contribution in [-0.4, -0.2) is 17.0 Å². The van der Waals surface area contributed by atoms with Gasteiger partial charge in [0.25, 0.3) is 0 Å². The van der Waals surface area contributed by atoms with Gasteiger partial charge in [0.1, 0.15) is 5.82 Å². The van der Waals surface area contributed by atoms with Crippen LogP contribution in [0.1, 0.15) is 19.4 Å². The first-order chi connectivity index (χ1) is 8.16. The predicted molar refractivity (Wildman–Crippen MR) is 71.8 cm³/mol. The standard InChI is InChI=1S/C13H17FN2S/c1-9(2)12-8-17-13(16-12)15-7-10-5-3-4-6-11(10)14/h3-6,9,12H,7-8H2,1-2H3,(H,15,16). The SMILES string of the molecule is CC(C)C1CSC(=NCc2ccccc2F)N1. The van der Waals surface area contributed by atoms with Crippen LogP contribution in [0, 0.1) is 11.7 Å². The van der Waals surface area contributed by atoms with Crippen molar-refractivity contribution in [3.63, 3.8) is 0 Å². The molecule has 0 aliphatic carbocycles. The van der Waals surface area contributed by atoms with E-state index in [9.17, 15) is 4.39 Å². The molecule has 0 amide bonds. The van der Waals surface area contributed by atoms with E-state index in [4.69, 9.17) is 0 Å². The second-order valence-corrected chi connectivity index (χ2v) is 5.53. The molecule has 2 nitrogen and oxygen atoms in total. The topological polar surface area (TPSA) is 24.4 Å². The Balaban J connectivity index is 1.96. The van der Waals surface area contributed by atoms with E-state index in [1.54, 1.807) is 23.9 Å². The summed E-state index contributed by atoms with van der Waals surface area (Å²) in [5.41, 5.74) is 0.649. The number of benzene rings is 1. The number of hydrogen-bond donors (Lipinski definition) is 1. The molecule has 0 bridgehead atoms. The van der Waals surface area contributed by atoms with Gasteiger partial charge in [0.05, 0.1) is 6.54 Å². The predicted octanol–water partition coefficient (Wildman–Crippen LogP) is 3.04. The maximum Gasteiger partial charge on any atom is 0.157 e. The largest absolute Gasteiger partial charge is 0.361 e. The summed E-state index contributed by atoms with van der Waals surface area (Å²) in [7, 11) is 0. The van der Waals surface area contributed by atoms with Crippen LogP contribution in [0.3, 0.4) is 0 Å². The van der Waals surface area contributed by atoms with Gasteiger partial charge in [-0.2, -0.15) is 0 Å². The summed E-state index contributed by atoms with van der Waals surface area (Å²) in [6, 6.07) is 7.27. The van der Waals surface area contributed by atoms with Gasteiger partial charge < -0.3 is 5.32 Å². The van der Waals surface area contributed by atoms with Crippen LogP contribution in [0.15, 0.2) is 29.3 Å². The third-order valence-electron chi connectivity index (χ3n) is 2.86. The van der Waals surface area contributed by atoms with Crippen LogP contribution in [-0.2, 0) is 6.54 Å². The average Bonchev–Trinajstić information content (AvgIpc) is 2.77.